The molecule has 10 heteroatoms. The molecule has 0 amide bonds. The van der Waals surface area contributed by atoms with Crippen molar-refractivity contribution in [3.63, 3.8) is 0 Å². The van der Waals surface area contributed by atoms with Crippen LogP contribution in [0.3, 0.4) is 0 Å². The highest BCUT2D eigenvalue weighted by Crippen LogP contribution is 2.38. The van der Waals surface area contributed by atoms with Crippen molar-refractivity contribution >= 4 is 19.8 Å². The van der Waals surface area contributed by atoms with Crippen LogP contribution in [0.2, 0.25) is 0 Å². The predicted octanol–water partition coefficient (Wildman–Crippen LogP) is 10.6. The first-order valence-electron chi connectivity index (χ1n) is 20.5. The molecule has 2 unspecified atom stereocenters. The molecule has 0 rings (SSSR count). The van der Waals surface area contributed by atoms with E-state index in [0.29, 0.717) is 13.0 Å². The molecular formula is C40H77NO8P-. The van der Waals surface area contributed by atoms with E-state index in [1.165, 1.54) is 96.3 Å². The second kappa shape index (κ2) is 36.1. The summed E-state index contributed by atoms with van der Waals surface area (Å²) in [5.74, 6) is -0.840. The number of carbonyl (C=O) groups is 2. The van der Waals surface area contributed by atoms with Gasteiger partial charge >= 0.3 is 11.9 Å². The Kier molecular flexibility index (Phi) is 35.2. The maximum Gasteiger partial charge on any atom is 0.306 e. The largest absolute Gasteiger partial charge is 0.756 e. The van der Waals surface area contributed by atoms with Crippen LogP contribution < -0.4 is 4.89 Å². The maximum atomic E-state index is 12.6. The second-order valence-corrected chi connectivity index (χ2v) is 15.3. The minimum Gasteiger partial charge on any atom is -0.756 e. The molecule has 9 nitrogen and oxygen atoms in total. The van der Waals surface area contributed by atoms with Crippen LogP contribution in [0.25, 0.3) is 0 Å². The van der Waals surface area contributed by atoms with E-state index in [1.54, 1.807) is 0 Å². The van der Waals surface area contributed by atoms with Gasteiger partial charge in [0.05, 0.1) is 13.2 Å². The van der Waals surface area contributed by atoms with Gasteiger partial charge in [0.1, 0.15) is 6.61 Å². The lowest BCUT2D eigenvalue weighted by molar-refractivity contribution is -0.228. The summed E-state index contributed by atoms with van der Waals surface area (Å²) in [7, 11) is -2.75. The van der Waals surface area contributed by atoms with Crippen molar-refractivity contribution in [1.29, 1.82) is 0 Å². The standard InChI is InChI=1S/C40H78NO8P/c1-5-8-10-12-14-16-18-20-22-24-26-28-30-32-39(42)46-36-38(37-48-50(44,45)47-35-34-41(4)7-3)49-40(43)33-31-29-27-25-23-21-19-17-15-13-11-9-6-2/h17,19,38H,5-16,18,20-37H2,1-4H3,(H,44,45)/p-1/b19-17-. The molecule has 0 aromatic rings. The Morgan fingerprint density at radius 2 is 1.06 bits per heavy atom. The molecule has 0 spiro atoms. The SMILES string of the molecule is CCCCCC/C=C\CCCCCCCC(=O)OC(COC(=O)CCCCCCCCCCCCCCC)COP(=O)([O-])OCCN(C)CC. The van der Waals surface area contributed by atoms with Crippen LogP contribution in [0.15, 0.2) is 12.2 Å². The number of rotatable bonds is 38. The zero-order chi connectivity index (χ0) is 37.0. The van der Waals surface area contributed by atoms with E-state index in [4.69, 9.17) is 18.5 Å². The predicted molar refractivity (Wildman–Crippen MR) is 204 cm³/mol. The molecule has 0 N–H and O–H groups in total. The van der Waals surface area contributed by atoms with Gasteiger partial charge in [-0.05, 0) is 52.1 Å². The van der Waals surface area contributed by atoms with Crippen LogP contribution in [0, 0.1) is 0 Å². The zero-order valence-electron chi connectivity index (χ0n) is 32.8. The monoisotopic (exact) mass is 731 g/mol. The Bertz CT molecular complexity index is 855. The van der Waals surface area contributed by atoms with E-state index in [9.17, 15) is 19.0 Å². The number of ether oxygens (including phenoxy) is 2. The lowest BCUT2D eigenvalue weighted by Crippen LogP contribution is -2.30. The fourth-order valence-electron chi connectivity index (χ4n) is 5.57. The molecule has 50 heavy (non-hydrogen) atoms. The van der Waals surface area contributed by atoms with Gasteiger partial charge < -0.3 is 28.3 Å². The number of hydrogen-bond acceptors (Lipinski definition) is 9. The smallest absolute Gasteiger partial charge is 0.306 e. The molecule has 2 atom stereocenters. The van der Waals surface area contributed by atoms with Gasteiger partial charge in [0.2, 0.25) is 0 Å². The van der Waals surface area contributed by atoms with Gasteiger partial charge in [-0.2, -0.15) is 0 Å². The van der Waals surface area contributed by atoms with E-state index >= 15 is 0 Å². The van der Waals surface area contributed by atoms with E-state index in [1.807, 2.05) is 18.9 Å². The number of phosphoric ester groups is 1. The summed E-state index contributed by atoms with van der Waals surface area (Å²) < 4.78 is 33.2. The minimum atomic E-state index is -4.61. The van der Waals surface area contributed by atoms with Crippen molar-refractivity contribution in [2.75, 3.05) is 40.0 Å². The van der Waals surface area contributed by atoms with Crippen molar-refractivity contribution in [3.8, 4) is 0 Å². The molecular weight excluding hydrogens is 653 g/mol. The summed E-state index contributed by atoms with van der Waals surface area (Å²) in [6.07, 6.45) is 32.3. The molecule has 0 bridgehead atoms. The van der Waals surface area contributed by atoms with E-state index in [0.717, 1.165) is 57.9 Å². The van der Waals surface area contributed by atoms with Gasteiger partial charge in [0, 0.05) is 19.4 Å². The molecule has 0 radical (unpaired) electrons. The second-order valence-electron chi connectivity index (χ2n) is 13.9. The number of nitrogens with zero attached hydrogens (tertiary/aromatic N) is 1. The summed E-state index contributed by atoms with van der Waals surface area (Å²) >= 11 is 0. The molecule has 0 heterocycles. The Morgan fingerprint density at radius 1 is 0.620 bits per heavy atom. The first-order valence-corrected chi connectivity index (χ1v) is 22.0. The molecule has 0 saturated carbocycles. The number of phosphoric acid groups is 1. The van der Waals surface area contributed by atoms with Gasteiger partial charge in [0.25, 0.3) is 7.82 Å². The topological polar surface area (TPSA) is 114 Å². The summed E-state index contributed by atoms with van der Waals surface area (Å²) in [5.41, 5.74) is 0. The van der Waals surface area contributed by atoms with Crippen LogP contribution in [-0.4, -0.2) is 62.9 Å². The summed E-state index contributed by atoms with van der Waals surface area (Å²) in [6.45, 7) is 6.86. The fourth-order valence-corrected chi connectivity index (χ4v) is 6.30. The van der Waals surface area contributed by atoms with Crippen LogP contribution in [0.5, 0.6) is 0 Å². The van der Waals surface area contributed by atoms with Crippen LogP contribution in [0.1, 0.15) is 188 Å². The summed E-state index contributed by atoms with van der Waals surface area (Å²) in [4.78, 5) is 39.2. The number of esters is 2. The number of allylic oxidation sites excluding steroid dienone is 2. The number of unbranched alkanes of at least 4 members (excludes halogenated alkanes) is 21. The summed E-state index contributed by atoms with van der Waals surface area (Å²) in [6, 6.07) is 0. The number of likely N-dealkylation sites (N-methyl/N-ethyl adjacent to an activating group) is 1. The molecule has 0 aromatic heterocycles. The molecule has 296 valence electrons. The fraction of sp³-hybridized carbons (Fsp3) is 0.900. The normalized spacial score (nSPS) is 13.6. The third kappa shape index (κ3) is 35.2. The average molecular weight is 731 g/mol. The Hall–Kier alpha value is -1.25. The molecule has 0 aliphatic heterocycles. The van der Waals surface area contributed by atoms with Crippen molar-refractivity contribution in [2.24, 2.45) is 0 Å². The van der Waals surface area contributed by atoms with Gasteiger partial charge in [-0.15, -0.1) is 0 Å². The third-order valence-corrected chi connectivity index (χ3v) is 10.0. The van der Waals surface area contributed by atoms with Crippen molar-refractivity contribution in [2.45, 2.75) is 194 Å². The lowest BCUT2D eigenvalue weighted by atomic mass is 10.0. The van der Waals surface area contributed by atoms with Crippen LogP contribution >= 0.6 is 7.82 Å². The van der Waals surface area contributed by atoms with Crippen molar-refractivity contribution in [1.82, 2.24) is 4.90 Å². The van der Waals surface area contributed by atoms with Gasteiger partial charge in [0.15, 0.2) is 6.10 Å². The first kappa shape index (κ1) is 48.8. The van der Waals surface area contributed by atoms with Gasteiger partial charge in [-0.25, -0.2) is 0 Å². The molecule has 0 fully saturated rings. The first-order chi connectivity index (χ1) is 24.2. The van der Waals surface area contributed by atoms with Crippen molar-refractivity contribution in [3.05, 3.63) is 12.2 Å². The van der Waals surface area contributed by atoms with E-state index < -0.39 is 26.5 Å². The Balaban J connectivity index is 4.39. The molecule has 0 aromatic carbocycles. The maximum absolute atomic E-state index is 12.6. The van der Waals surface area contributed by atoms with E-state index in [2.05, 4.69) is 26.0 Å². The van der Waals surface area contributed by atoms with E-state index in [-0.39, 0.29) is 32.0 Å². The number of carbonyl (C=O) groups excluding carboxylic acids is 2. The zero-order valence-corrected chi connectivity index (χ0v) is 33.7. The highest BCUT2D eigenvalue weighted by atomic mass is 31.2. The summed E-state index contributed by atoms with van der Waals surface area (Å²) in [5, 5.41) is 0. The van der Waals surface area contributed by atoms with Gasteiger partial charge in [-0.3, -0.25) is 14.2 Å². The quantitative estimate of drug-likeness (QED) is 0.0265. The van der Waals surface area contributed by atoms with Gasteiger partial charge in [-0.1, -0.05) is 148 Å². The van der Waals surface area contributed by atoms with Crippen LogP contribution in [0.4, 0.5) is 0 Å². The minimum absolute atomic E-state index is 0.0426. The Labute approximate surface area is 307 Å². The van der Waals surface area contributed by atoms with Crippen molar-refractivity contribution < 1.29 is 37.6 Å². The molecule has 0 aliphatic carbocycles. The third-order valence-electron chi connectivity index (χ3n) is 9.04. The number of hydrogen-bond donors (Lipinski definition) is 0. The van der Waals surface area contributed by atoms with Crippen LogP contribution in [-0.2, 0) is 32.7 Å². The highest BCUT2D eigenvalue weighted by molar-refractivity contribution is 7.45. The Morgan fingerprint density at radius 3 is 1.56 bits per heavy atom. The molecule has 0 saturated heterocycles. The highest BCUT2D eigenvalue weighted by Gasteiger charge is 2.21. The molecule has 0 aliphatic rings. The lowest BCUT2D eigenvalue weighted by Gasteiger charge is -2.26. The average Bonchev–Trinajstić information content (AvgIpc) is 3.09.